The Balaban J connectivity index is 4.27. The lowest BCUT2D eigenvalue weighted by molar-refractivity contribution is -0.143. The molecule has 15 heavy (non-hydrogen) atoms. The number of aliphatic hydroxyl groups excluding tert-OH is 1. The standard InChI is InChI=1S/C11H23NO3/c1-5-9(11(14)15-4)12-10(6-7-13)8(2)3/h8-10,12-13H,5-7H2,1-4H3. The van der Waals surface area contributed by atoms with Gasteiger partial charge in [0.1, 0.15) is 6.04 Å². The molecule has 2 N–H and O–H groups in total. The molecule has 0 aliphatic rings. The Hall–Kier alpha value is -0.610. The van der Waals surface area contributed by atoms with Crippen molar-refractivity contribution < 1.29 is 14.6 Å². The van der Waals surface area contributed by atoms with Gasteiger partial charge in [-0.2, -0.15) is 0 Å². The molecule has 0 rings (SSSR count). The summed E-state index contributed by atoms with van der Waals surface area (Å²) in [6, 6.07) is -0.118. The summed E-state index contributed by atoms with van der Waals surface area (Å²) in [7, 11) is 1.39. The van der Waals surface area contributed by atoms with E-state index in [2.05, 4.69) is 19.2 Å². The SMILES string of the molecule is CCC(NC(CCO)C(C)C)C(=O)OC. The van der Waals surface area contributed by atoms with E-state index in [0.717, 1.165) is 0 Å². The molecule has 2 atom stereocenters. The molecule has 0 heterocycles. The zero-order valence-electron chi connectivity index (χ0n) is 10.1. The molecule has 0 saturated carbocycles. The molecular formula is C11H23NO3. The molecule has 0 fully saturated rings. The average molecular weight is 217 g/mol. The third kappa shape index (κ3) is 5.14. The number of carbonyl (C=O) groups excluding carboxylic acids is 1. The lowest BCUT2D eigenvalue weighted by atomic mass is 10.00. The van der Waals surface area contributed by atoms with Crippen LogP contribution in [0.3, 0.4) is 0 Å². The second kappa shape index (κ2) is 7.65. The Labute approximate surface area is 92.0 Å². The number of rotatable bonds is 7. The Morgan fingerprint density at radius 3 is 2.40 bits per heavy atom. The van der Waals surface area contributed by atoms with Crippen molar-refractivity contribution >= 4 is 5.97 Å². The molecule has 0 aromatic heterocycles. The molecule has 0 saturated heterocycles. The van der Waals surface area contributed by atoms with Crippen molar-refractivity contribution in [2.75, 3.05) is 13.7 Å². The summed E-state index contributed by atoms with van der Waals surface area (Å²) in [4.78, 5) is 11.4. The van der Waals surface area contributed by atoms with Crippen LogP contribution in [-0.2, 0) is 9.53 Å². The van der Waals surface area contributed by atoms with E-state index in [1.807, 2.05) is 6.92 Å². The van der Waals surface area contributed by atoms with Crippen molar-refractivity contribution in [3.8, 4) is 0 Å². The van der Waals surface area contributed by atoms with Gasteiger partial charge in [-0.3, -0.25) is 4.79 Å². The Morgan fingerprint density at radius 1 is 1.47 bits per heavy atom. The van der Waals surface area contributed by atoms with E-state index >= 15 is 0 Å². The molecule has 0 aromatic rings. The molecule has 0 amide bonds. The van der Waals surface area contributed by atoms with Gasteiger partial charge in [-0.1, -0.05) is 20.8 Å². The highest BCUT2D eigenvalue weighted by Gasteiger charge is 2.22. The van der Waals surface area contributed by atoms with Crippen LogP contribution in [0.2, 0.25) is 0 Å². The number of hydrogen-bond acceptors (Lipinski definition) is 4. The molecule has 2 unspecified atom stereocenters. The molecule has 0 spiro atoms. The first kappa shape index (κ1) is 14.4. The monoisotopic (exact) mass is 217 g/mol. The van der Waals surface area contributed by atoms with Crippen molar-refractivity contribution in [2.45, 2.75) is 45.7 Å². The van der Waals surface area contributed by atoms with Gasteiger partial charge < -0.3 is 15.2 Å². The number of ether oxygens (including phenoxy) is 1. The van der Waals surface area contributed by atoms with Crippen LogP contribution in [0, 0.1) is 5.92 Å². The molecular weight excluding hydrogens is 194 g/mol. The molecule has 90 valence electrons. The van der Waals surface area contributed by atoms with E-state index < -0.39 is 0 Å². The fourth-order valence-electron chi connectivity index (χ4n) is 1.50. The predicted molar refractivity (Wildman–Crippen MR) is 59.6 cm³/mol. The van der Waals surface area contributed by atoms with Crippen LogP contribution in [-0.4, -0.2) is 36.9 Å². The summed E-state index contributed by atoms with van der Waals surface area (Å²) in [6.07, 6.45) is 1.35. The number of methoxy groups -OCH3 is 1. The number of esters is 1. The summed E-state index contributed by atoms with van der Waals surface area (Å²) in [6.45, 7) is 6.20. The summed E-state index contributed by atoms with van der Waals surface area (Å²) < 4.78 is 4.70. The fourth-order valence-corrected chi connectivity index (χ4v) is 1.50. The molecule has 4 heteroatoms. The maximum Gasteiger partial charge on any atom is 0.322 e. The minimum Gasteiger partial charge on any atom is -0.468 e. The summed E-state index contributed by atoms with van der Waals surface area (Å²) in [5.74, 6) is 0.150. The quantitative estimate of drug-likeness (QED) is 0.623. The first-order chi connectivity index (χ1) is 7.06. The van der Waals surface area contributed by atoms with Gasteiger partial charge in [0.15, 0.2) is 0 Å². The Kier molecular flexibility index (Phi) is 7.34. The van der Waals surface area contributed by atoms with Gasteiger partial charge in [-0.25, -0.2) is 0 Å². The maximum absolute atomic E-state index is 11.4. The lowest BCUT2D eigenvalue weighted by Crippen LogP contribution is -2.46. The van der Waals surface area contributed by atoms with Gasteiger partial charge in [-0.05, 0) is 18.8 Å². The zero-order chi connectivity index (χ0) is 11.8. The fraction of sp³-hybridized carbons (Fsp3) is 0.909. The van der Waals surface area contributed by atoms with Crippen molar-refractivity contribution in [1.82, 2.24) is 5.32 Å². The molecule has 0 bridgehead atoms. The normalized spacial score (nSPS) is 15.1. The van der Waals surface area contributed by atoms with Crippen LogP contribution in [0.1, 0.15) is 33.6 Å². The van der Waals surface area contributed by atoms with Crippen LogP contribution in [0.25, 0.3) is 0 Å². The van der Waals surface area contributed by atoms with Gasteiger partial charge in [0.2, 0.25) is 0 Å². The van der Waals surface area contributed by atoms with Crippen LogP contribution in [0.5, 0.6) is 0 Å². The van der Waals surface area contributed by atoms with Crippen LogP contribution < -0.4 is 5.32 Å². The predicted octanol–water partition coefficient (Wildman–Crippen LogP) is 0.935. The van der Waals surface area contributed by atoms with Gasteiger partial charge in [-0.15, -0.1) is 0 Å². The first-order valence-corrected chi connectivity index (χ1v) is 5.51. The number of aliphatic hydroxyl groups is 1. The Bertz CT molecular complexity index is 183. The van der Waals surface area contributed by atoms with Gasteiger partial charge in [0, 0.05) is 12.6 Å². The average Bonchev–Trinajstić information content (AvgIpc) is 2.22. The highest BCUT2D eigenvalue weighted by Crippen LogP contribution is 2.08. The van der Waals surface area contributed by atoms with E-state index in [0.29, 0.717) is 18.8 Å². The van der Waals surface area contributed by atoms with Crippen molar-refractivity contribution in [1.29, 1.82) is 0 Å². The number of carbonyl (C=O) groups is 1. The van der Waals surface area contributed by atoms with E-state index in [9.17, 15) is 4.79 Å². The second-order valence-electron chi connectivity index (χ2n) is 4.01. The molecule has 4 nitrogen and oxygen atoms in total. The highest BCUT2D eigenvalue weighted by molar-refractivity contribution is 5.75. The molecule has 0 aliphatic carbocycles. The van der Waals surface area contributed by atoms with Crippen molar-refractivity contribution in [3.05, 3.63) is 0 Å². The smallest absolute Gasteiger partial charge is 0.322 e. The summed E-state index contributed by atoms with van der Waals surface area (Å²) in [5, 5.41) is 12.1. The minimum absolute atomic E-state index is 0.132. The largest absolute Gasteiger partial charge is 0.468 e. The van der Waals surface area contributed by atoms with Crippen LogP contribution >= 0.6 is 0 Å². The summed E-state index contributed by atoms with van der Waals surface area (Å²) >= 11 is 0. The Morgan fingerprint density at radius 2 is 2.07 bits per heavy atom. The topological polar surface area (TPSA) is 58.6 Å². The van der Waals surface area contributed by atoms with Gasteiger partial charge >= 0.3 is 5.97 Å². The van der Waals surface area contributed by atoms with E-state index in [-0.39, 0.29) is 24.7 Å². The second-order valence-corrected chi connectivity index (χ2v) is 4.01. The maximum atomic E-state index is 11.4. The number of nitrogens with one attached hydrogen (secondary N) is 1. The third-order valence-corrected chi connectivity index (χ3v) is 2.55. The summed E-state index contributed by atoms with van der Waals surface area (Å²) in [5.41, 5.74) is 0. The van der Waals surface area contributed by atoms with E-state index in [1.54, 1.807) is 0 Å². The van der Waals surface area contributed by atoms with Gasteiger partial charge in [0.25, 0.3) is 0 Å². The molecule has 0 radical (unpaired) electrons. The van der Waals surface area contributed by atoms with Crippen molar-refractivity contribution in [2.24, 2.45) is 5.92 Å². The zero-order valence-corrected chi connectivity index (χ0v) is 10.1. The lowest BCUT2D eigenvalue weighted by Gasteiger charge is -2.25. The third-order valence-electron chi connectivity index (χ3n) is 2.55. The first-order valence-electron chi connectivity index (χ1n) is 5.51. The van der Waals surface area contributed by atoms with Gasteiger partial charge in [0.05, 0.1) is 7.11 Å². The van der Waals surface area contributed by atoms with E-state index in [4.69, 9.17) is 9.84 Å². The minimum atomic E-state index is -0.269. The molecule has 0 aliphatic heterocycles. The van der Waals surface area contributed by atoms with E-state index in [1.165, 1.54) is 7.11 Å². The highest BCUT2D eigenvalue weighted by atomic mass is 16.5. The van der Waals surface area contributed by atoms with Crippen molar-refractivity contribution in [3.63, 3.8) is 0 Å². The number of hydrogen-bond donors (Lipinski definition) is 2. The molecule has 0 aromatic carbocycles. The van der Waals surface area contributed by atoms with Crippen LogP contribution in [0.4, 0.5) is 0 Å². The van der Waals surface area contributed by atoms with Crippen LogP contribution in [0.15, 0.2) is 0 Å².